The van der Waals surface area contributed by atoms with Crippen molar-refractivity contribution >= 4 is 17.9 Å². The number of carbonyl (C=O) groups is 3. The van der Waals surface area contributed by atoms with Crippen LogP contribution in [0.1, 0.15) is 335 Å². The largest absolute Gasteiger partial charge is 0.462 e. The van der Waals surface area contributed by atoms with Gasteiger partial charge in [-0.15, -0.1) is 0 Å². The van der Waals surface area contributed by atoms with Crippen molar-refractivity contribution in [1.82, 2.24) is 0 Å². The number of ether oxygens (including phenoxy) is 3. The van der Waals surface area contributed by atoms with E-state index >= 15 is 0 Å². The average Bonchev–Trinajstić information content (AvgIpc) is 3.44. The molecule has 0 aliphatic carbocycles. The molecule has 1 unspecified atom stereocenters. The topological polar surface area (TPSA) is 78.9 Å². The van der Waals surface area contributed by atoms with Crippen LogP contribution in [-0.4, -0.2) is 37.2 Å². The van der Waals surface area contributed by atoms with Crippen LogP contribution in [-0.2, 0) is 28.6 Å². The predicted molar refractivity (Wildman–Crippen MR) is 339 cm³/mol. The van der Waals surface area contributed by atoms with Gasteiger partial charge in [-0.3, -0.25) is 14.4 Å². The van der Waals surface area contributed by atoms with Crippen LogP contribution in [0.15, 0.2) is 85.1 Å². The summed E-state index contributed by atoms with van der Waals surface area (Å²) in [5, 5.41) is 0. The summed E-state index contributed by atoms with van der Waals surface area (Å²) >= 11 is 0. The molecular formula is C72H126O6. The highest BCUT2D eigenvalue weighted by atomic mass is 16.6. The van der Waals surface area contributed by atoms with Crippen LogP contribution in [0, 0.1) is 0 Å². The molecule has 0 aromatic heterocycles. The van der Waals surface area contributed by atoms with Gasteiger partial charge in [-0.2, -0.15) is 0 Å². The molecule has 1 atom stereocenters. The van der Waals surface area contributed by atoms with Gasteiger partial charge in [0, 0.05) is 19.3 Å². The predicted octanol–water partition coefficient (Wildman–Crippen LogP) is 23.1. The van der Waals surface area contributed by atoms with Crippen molar-refractivity contribution in [2.45, 2.75) is 341 Å². The molecule has 0 aromatic rings. The van der Waals surface area contributed by atoms with Gasteiger partial charge in [0.1, 0.15) is 13.2 Å². The van der Waals surface area contributed by atoms with Crippen molar-refractivity contribution < 1.29 is 28.6 Å². The van der Waals surface area contributed by atoms with E-state index in [1.54, 1.807) is 0 Å². The molecule has 0 aliphatic rings. The zero-order valence-electron chi connectivity index (χ0n) is 51.7. The summed E-state index contributed by atoms with van der Waals surface area (Å²) in [5.74, 6) is -0.869. The quantitative estimate of drug-likeness (QED) is 0.0261. The van der Waals surface area contributed by atoms with Crippen LogP contribution < -0.4 is 0 Å². The summed E-state index contributed by atoms with van der Waals surface area (Å²) in [5.41, 5.74) is 0. The van der Waals surface area contributed by atoms with Gasteiger partial charge in [-0.05, 0) is 96.3 Å². The van der Waals surface area contributed by atoms with Gasteiger partial charge in [-0.25, -0.2) is 0 Å². The Hall–Kier alpha value is -3.41. The summed E-state index contributed by atoms with van der Waals surface area (Å²) in [7, 11) is 0. The average molecular weight is 1090 g/mol. The Balaban J connectivity index is 4.29. The van der Waals surface area contributed by atoms with Gasteiger partial charge in [0.25, 0.3) is 0 Å². The summed E-state index contributed by atoms with van der Waals surface area (Å²) in [6.07, 6.45) is 87.4. The second-order valence-corrected chi connectivity index (χ2v) is 22.4. The van der Waals surface area contributed by atoms with Gasteiger partial charge in [0.05, 0.1) is 0 Å². The summed E-state index contributed by atoms with van der Waals surface area (Å²) < 4.78 is 17.0. The van der Waals surface area contributed by atoms with Crippen molar-refractivity contribution in [2.24, 2.45) is 0 Å². The molecule has 0 aromatic carbocycles. The molecule has 0 heterocycles. The molecule has 0 saturated carbocycles. The minimum atomic E-state index is -0.780. The lowest BCUT2D eigenvalue weighted by molar-refractivity contribution is -0.167. The Labute approximate surface area is 484 Å². The smallest absolute Gasteiger partial charge is 0.306 e. The highest BCUT2D eigenvalue weighted by Gasteiger charge is 2.19. The zero-order valence-corrected chi connectivity index (χ0v) is 51.7. The molecule has 0 spiro atoms. The Morgan fingerprint density at radius 1 is 0.269 bits per heavy atom. The second-order valence-electron chi connectivity index (χ2n) is 22.4. The first kappa shape index (κ1) is 74.6. The highest BCUT2D eigenvalue weighted by Crippen LogP contribution is 2.17. The first-order valence-electron chi connectivity index (χ1n) is 33.6. The second kappa shape index (κ2) is 66.1. The molecule has 0 amide bonds. The van der Waals surface area contributed by atoms with Crippen LogP contribution in [0.2, 0.25) is 0 Å². The van der Waals surface area contributed by atoms with Crippen LogP contribution in [0.5, 0.6) is 0 Å². The van der Waals surface area contributed by atoms with E-state index in [9.17, 15) is 14.4 Å². The van der Waals surface area contributed by atoms with Crippen LogP contribution in [0.4, 0.5) is 0 Å². The maximum atomic E-state index is 12.9. The molecular weight excluding hydrogens is 961 g/mol. The van der Waals surface area contributed by atoms with E-state index in [4.69, 9.17) is 14.2 Å². The molecule has 0 rings (SSSR count). The van der Waals surface area contributed by atoms with E-state index in [0.29, 0.717) is 19.3 Å². The van der Waals surface area contributed by atoms with Gasteiger partial charge < -0.3 is 14.2 Å². The number of hydrogen-bond donors (Lipinski definition) is 0. The van der Waals surface area contributed by atoms with Crippen molar-refractivity contribution in [3.63, 3.8) is 0 Å². The van der Waals surface area contributed by atoms with E-state index in [1.807, 2.05) is 0 Å². The zero-order chi connectivity index (χ0) is 56.4. The lowest BCUT2D eigenvalue weighted by Gasteiger charge is -2.18. The fourth-order valence-electron chi connectivity index (χ4n) is 9.62. The first-order chi connectivity index (χ1) is 38.5. The molecule has 6 heteroatoms. The van der Waals surface area contributed by atoms with Crippen LogP contribution in [0.3, 0.4) is 0 Å². The van der Waals surface area contributed by atoms with Gasteiger partial charge in [-0.1, -0.05) is 305 Å². The molecule has 0 aliphatic heterocycles. The molecule has 0 saturated heterocycles. The number of carbonyl (C=O) groups excluding carboxylic acids is 3. The van der Waals surface area contributed by atoms with Gasteiger partial charge in [0.2, 0.25) is 0 Å². The Morgan fingerprint density at radius 3 is 0.782 bits per heavy atom. The maximum absolute atomic E-state index is 12.9. The summed E-state index contributed by atoms with van der Waals surface area (Å²) in [6, 6.07) is 0. The number of rotatable bonds is 61. The number of hydrogen-bond acceptors (Lipinski definition) is 6. The van der Waals surface area contributed by atoms with Crippen molar-refractivity contribution in [1.29, 1.82) is 0 Å². The van der Waals surface area contributed by atoms with E-state index in [2.05, 4.69) is 106 Å². The standard InChI is InChI=1S/C72H126O6/c1-4-7-10-13-16-19-22-25-27-29-31-33-35-36-38-39-41-43-45-47-50-53-56-59-62-65-71(74)77-68-69(67-76-70(73)64-61-58-55-52-49-24-21-18-15-12-9-6-3)78-72(75)66-63-60-57-54-51-48-46-44-42-40-37-34-32-30-28-26-23-20-17-14-11-8-5-2/h8,11,17,20,22,25-26,28-29,31-32,34-36,69H,4-7,9-10,12-16,18-19,21,23-24,27,30,33,37-68H2,1-3H3/b11-8-,20-17-,25-22-,28-26-,31-29-,34-32-,36-35-. The molecule has 6 nitrogen and oxygen atoms in total. The summed E-state index contributed by atoms with van der Waals surface area (Å²) in [4.78, 5) is 38.4. The van der Waals surface area contributed by atoms with Crippen molar-refractivity contribution in [3.05, 3.63) is 85.1 Å². The molecule has 0 fully saturated rings. The molecule has 450 valence electrons. The van der Waals surface area contributed by atoms with E-state index in [0.717, 1.165) is 96.3 Å². The lowest BCUT2D eigenvalue weighted by atomic mass is 10.0. The van der Waals surface area contributed by atoms with Crippen LogP contribution >= 0.6 is 0 Å². The minimum absolute atomic E-state index is 0.0762. The Kier molecular flexibility index (Phi) is 63.2. The maximum Gasteiger partial charge on any atom is 0.306 e. The number of unbranched alkanes of at least 4 members (excludes halogenated alkanes) is 36. The Morgan fingerprint density at radius 2 is 0.500 bits per heavy atom. The minimum Gasteiger partial charge on any atom is -0.462 e. The third-order valence-electron chi connectivity index (χ3n) is 14.6. The normalized spacial score (nSPS) is 12.6. The SMILES string of the molecule is CC/C=C\C/C=C\C/C=C\C/C=C\CCCCCCCCCCCCC(=O)OC(COC(=O)CCCCCCCCCCCC/C=C\C/C=C\C/C=C\CCCCCCC)COC(=O)CCCCCCCCCCCCCC. The van der Waals surface area contributed by atoms with Crippen LogP contribution in [0.25, 0.3) is 0 Å². The summed E-state index contributed by atoms with van der Waals surface area (Å²) in [6.45, 7) is 6.54. The third-order valence-corrected chi connectivity index (χ3v) is 14.6. The molecule has 78 heavy (non-hydrogen) atoms. The molecule has 0 bridgehead atoms. The molecule has 0 radical (unpaired) electrons. The van der Waals surface area contributed by atoms with E-state index in [-0.39, 0.29) is 31.1 Å². The number of esters is 3. The first-order valence-corrected chi connectivity index (χ1v) is 33.6. The van der Waals surface area contributed by atoms with Crippen molar-refractivity contribution in [2.75, 3.05) is 13.2 Å². The van der Waals surface area contributed by atoms with E-state index in [1.165, 1.54) is 199 Å². The van der Waals surface area contributed by atoms with Gasteiger partial charge >= 0.3 is 17.9 Å². The third kappa shape index (κ3) is 63.4. The lowest BCUT2D eigenvalue weighted by Crippen LogP contribution is -2.30. The molecule has 0 N–H and O–H groups in total. The number of allylic oxidation sites excluding steroid dienone is 14. The highest BCUT2D eigenvalue weighted by molar-refractivity contribution is 5.71. The van der Waals surface area contributed by atoms with Gasteiger partial charge in [0.15, 0.2) is 6.10 Å². The Bertz CT molecular complexity index is 1480. The fourth-order valence-corrected chi connectivity index (χ4v) is 9.62. The van der Waals surface area contributed by atoms with Crippen molar-refractivity contribution in [3.8, 4) is 0 Å². The monoisotopic (exact) mass is 1090 g/mol. The van der Waals surface area contributed by atoms with E-state index < -0.39 is 6.10 Å². The fraction of sp³-hybridized carbons (Fsp3) is 0.764.